The number of amides is 1. The first-order valence-corrected chi connectivity index (χ1v) is 8.86. The Morgan fingerprint density at radius 2 is 1.86 bits per heavy atom. The Balaban J connectivity index is 0.00000420. The minimum Gasteiger partial charge on any atom is -0.494 e. The summed E-state index contributed by atoms with van der Waals surface area (Å²) < 4.78 is 11.0. The van der Waals surface area contributed by atoms with E-state index < -0.39 is 11.0 Å². The summed E-state index contributed by atoms with van der Waals surface area (Å²) in [6.07, 6.45) is 0.279. The molecular formula is C20H26ClN3O5. The zero-order valence-electron chi connectivity index (χ0n) is 16.9. The van der Waals surface area contributed by atoms with E-state index in [1.165, 1.54) is 17.0 Å². The molecule has 0 aliphatic rings. The fourth-order valence-corrected chi connectivity index (χ4v) is 2.63. The Hall–Kier alpha value is -2.84. The van der Waals surface area contributed by atoms with Crippen molar-refractivity contribution in [2.24, 2.45) is 0 Å². The van der Waals surface area contributed by atoms with Gasteiger partial charge < -0.3 is 19.7 Å². The van der Waals surface area contributed by atoms with Crippen LogP contribution in [0, 0.1) is 17.0 Å². The molecule has 0 heterocycles. The van der Waals surface area contributed by atoms with Crippen LogP contribution in [0.4, 0.5) is 10.5 Å². The van der Waals surface area contributed by atoms with Gasteiger partial charge in [0.15, 0.2) is 0 Å². The van der Waals surface area contributed by atoms with Gasteiger partial charge in [-0.1, -0.05) is 12.1 Å². The Kier molecular flexibility index (Phi) is 9.37. The van der Waals surface area contributed by atoms with E-state index in [0.717, 1.165) is 11.1 Å². The molecule has 0 aliphatic heterocycles. The fourth-order valence-electron chi connectivity index (χ4n) is 2.63. The third kappa shape index (κ3) is 6.92. The van der Waals surface area contributed by atoms with Gasteiger partial charge in [0.05, 0.1) is 11.5 Å². The molecule has 8 nitrogen and oxygen atoms in total. The minimum atomic E-state index is -0.442. The number of nitrogens with one attached hydrogen (secondary N) is 1. The van der Waals surface area contributed by atoms with E-state index in [4.69, 9.17) is 9.47 Å². The lowest BCUT2D eigenvalue weighted by Crippen LogP contribution is -2.25. The number of nitro groups is 1. The largest absolute Gasteiger partial charge is 0.494 e. The summed E-state index contributed by atoms with van der Waals surface area (Å²) in [6.45, 7) is 2.33. The molecule has 0 spiro atoms. The lowest BCUT2D eigenvalue weighted by Gasteiger charge is -2.19. The van der Waals surface area contributed by atoms with Crippen LogP contribution in [-0.2, 0) is 0 Å². The first kappa shape index (κ1) is 24.2. The number of non-ortho nitro benzene ring substituents is 1. The highest BCUT2D eigenvalue weighted by atomic mass is 35.5. The molecule has 158 valence electrons. The molecule has 0 fully saturated rings. The Morgan fingerprint density at radius 3 is 2.38 bits per heavy atom. The van der Waals surface area contributed by atoms with Gasteiger partial charge in [-0.05, 0) is 43.3 Å². The highest BCUT2D eigenvalue weighted by Gasteiger charge is 2.14. The molecule has 2 aromatic carbocycles. The molecule has 0 unspecified atom stereocenters. The lowest BCUT2D eigenvalue weighted by atomic mass is 10.0. The molecule has 0 radical (unpaired) electrons. The maximum Gasteiger partial charge on any atom is 0.414 e. The number of carbonyl (C=O) groups is 1. The second-order valence-corrected chi connectivity index (χ2v) is 6.52. The molecule has 29 heavy (non-hydrogen) atoms. The first-order valence-electron chi connectivity index (χ1n) is 8.86. The standard InChI is InChI=1S/C20H25N3O5.ClH/c1-14-13-15(5-10-19(14)28-20(24)22(3)4)18(21-2)11-12-27-17-8-6-16(7-9-17)23(25)26;/h5-10,13,18,21H,11-12H2,1-4H3;1H/t18-;/m0./s1. The van der Waals surface area contributed by atoms with Crippen molar-refractivity contribution in [1.82, 2.24) is 10.2 Å². The normalized spacial score (nSPS) is 11.2. The van der Waals surface area contributed by atoms with Crippen LogP contribution in [0.1, 0.15) is 23.6 Å². The molecule has 2 rings (SSSR count). The smallest absolute Gasteiger partial charge is 0.414 e. The second-order valence-electron chi connectivity index (χ2n) is 6.52. The summed E-state index contributed by atoms with van der Waals surface area (Å²) in [4.78, 5) is 23.3. The van der Waals surface area contributed by atoms with Gasteiger partial charge in [-0.25, -0.2) is 4.79 Å². The Morgan fingerprint density at radius 1 is 1.21 bits per heavy atom. The number of hydrogen-bond acceptors (Lipinski definition) is 6. The number of halogens is 1. The molecular weight excluding hydrogens is 398 g/mol. The monoisotopic (exact) mass is 423 g/mol. The van der Waals surface area contributed by atoms with Gasteiger partial charge in [0.25, 0.3) is 5.69 Å². The van der Waals surface area contributed by atoms with E-state index in [1.807, 2.05) is 26.1 Å². The van der Waals surface area contributed by atoms with E-state index >= 15 is 0 Å². The van der Waals surface area contributed by atoms with Gasteiger partial charge in [-0.2, -0.15) is 0 Å². The highest BCUT2D eigenvalue weighted by molar-refractivity contribution is 5.85. The van der Waals surface area contributed by atoms with Gasteiger partial charge >= 0.3 is 6.09 Å². The van der Waals surface area contributed by atoms with Gasteiger partial charge in [0, 0.05) is 38.7 Å². The van der Waals surface area contributed by atoms with Crippen molar-refractivity contribution >= 4 is 24.2 Å². The zero-order valence-corrected chi connectivity index (χ0v) is 17.7. The number of nitro benzene ring substituents is 1. The molecule has 9 heteroatoms. The van der Waals surface area contributed by atoms with E-state index in [2.05, 4.69) is 5.32 Å². The molecule has 1 N–H and O–H groups in total. The van der Waals surface area contributed by atoms with E-state index in [9.17, 15) is 14.9 Å². The van der Waals surface area contributed by atoms with Crippen molar-refractivity contribution in [2.75, 3.05) is 27.7 Å². The topological polar surface area (TPSA) is 93.9 Å². The summed E-state index contributed by atoms with van der Waals surface area (Å²) in [6, 6.07) is 11.7. The molecule has 0 aliphatic carbocycles. The summed E-state index contributed by atoms with van der Waals surface area (Å²) in [5, 5.41) is 13.9. The van der Waals surface area contributed by atoms with Gasteiger partial charge in [-0.3, -0.25) is 10.1 Å². The molecule has 0 saturated carbocycles. The Labute approximate surface area is 176 Å². The number of ether oxygens (including phenoxy) is 2. The predicted octanol–water partition coefficient (Wildman–Crippen LogP) is 4.12. The number of hydrogen-bond donors (Lipinski definition) is 1. The molecule has 1 amide bonds. The van der Waals surface area contributed by atoms with Crippen LogP contribution in [-0.4, -0.2) is 43.7 Å². The number of benzene rings is 2. The summed E-state index contributed by atoms with van der Waals surface area (Å²) in [5.74, 6) is 1.11. The van der Waals surface area contributed by atoms with Crippen molar-refractivity contribution in [3.63, 3.8) is 0 Å². The maximum absolute atomic E-state index is 11.7. The van der Waals surface area contributed by atoms with Gasteiger partial charge in [-0.15, -0.1) is 12.4 Å². The molecule has 0 bridgehead atoms. The second kappa shape index (κ2) is 11.2. The van der Waals surface area contributed by atoms with Crippen molar-refractivity contribution in [3.8, 4) is 11.5 Å². The molecule has 0 saturated heterocycles. The van der Waals surface area contributed by atoms with E-state index in [1.54, 1.807) is 32.3 Å². The van der Waals surface area contributed by atoms with Crippen molar-refractivity contribution in [2.45, 2.75) is 19.4 Å². The van der Waals surface area contributed by atoms with Crippen molar-refractivity contribution in [1.29, 1.82) is 0 Å². The SMILES string of the molecule is CN[C@@H](CCOc1ccc([N+](=O)[O-])cc1)c1ccc(OC(=O)N(C)C)c(C)c1.Cl. The first-order chi connectivity index (χ1) is 13.3. The predicted molar refractivity (Wildman–Crippen MR) is 113 cm³/mol. The zero-order chi connectivity index (χ0) is 20.7. The fraction of sp³-hybridized carbons (Fsp3) is 0.350. The van der Waals surface area contributed by atoms with Crippen molar-refractivity contribution in [3.05, 3.63) is 63.7 Å². The molecule has 0 aromatic heterocycles. The number of aryl methyl sites for hydroxylation is 1. The van der Waals surface area contributed by atoms with E-state index in [0.29, 0.717) is 24.5 Å². The third-order valence-corrected chi connectivity index (χ3v) is 4.24. The van der Waals surface area contributed by atoms with E-state index in [-0.39, 0.29) is 24.1 Å². The minimum absolute atomic E-state index is 0. The number of carbonyl (C=O) groups excluding carboxylic acids is 1. The summed E-state index contributed by atoms with van der Waals surface area (Å²) in [5.41, 5.74) is 1.95. The molecule has 2 aromatic rings. The van der Waals surface area contributed by atoms with Crippen LogP contribution in [0.2, 0.25) is 0 Å². The van der Waals surface area contributed by atoms with Gasteiger partial charge in [0.2, 0.25) is 0 Å². The van der Waals surface area contributed by atoms with Crippen LogP contribution in [0.15, 0.2) is 42.5 Å². The summed E-state index contributed by atoms with van der Waals surface area (Å²) in [7, 11) is 5.13. The number of rotatable bonds is 8. The number of nitrogens with zero attached hydrogens (tertiary/aromatic N) is 2. The quantitative estimate of drug-likeness (QED) is 0.507. The van der Waals surface area contributed by atoms with Crippen LogP contribution in [0.5, 0.6) is 11.5 Å². The maximum atomic E-state index is 11.7. The molecule has 1 atom stereocenters. The van der Waals surface area contributed by atoms with Crippen LogP contribution in [0.3, 0.4) is 0 Å². The van der Waals surface area contributed by atoms with Crippen molar-refractivity contribution < 1.29 is 19.2 Å². The average molecular weight is 424 g/mol. The third-order valence-electron chi connectivity index (χ3n) is 4.24. The Bertz CT molecular complexity index is 827. The van der Waals surface area contributed by atoms with Crippen LogP contribution < -0.4 is 14.8 Å². The lowest BCUT2D eigenvalue weighted by molar-refractivity contribution is -0.384. The van der Waals surface area contributed by atoms with Gasteiger partial charge in [0.1, 0.15) is 11.5 Å². The van der Waals surface area contributed by atoms with Crippen LogP contribution in [0.25, 0.3) is 0 Å². The average Bonchev–Trinajstić information content (AvgIpc) is 2.67. The highest BCUT2D eigenvalue weighted by Crippen LogP contribution is 2.25. The summed E-state index contributed by atoms with van der Waals surface area (Å²) >= 11 is 0. The van der Waals surface area contributed by atoms with Crippen LogP contribution >= 0.6 is 12.4 Å².